The van der Waals surface area contributed by atoms with E-state index in [0.717, 1.165) is 28.6 Å². The number of benzene rings is 3. The van der Waals surface area contributed by atoms with Gasteiger partial charge in [0.05, 0.1) is 36.1 Å². The Morgan fingerprint density at radius 3 is 2.44 bits per heavy atom. The van der Waals surface area contributed by atoms with E-state index in [1.807, 2.05) is 78.4 Å². The number of fused-ring (bicyclic) bond motifs is 3. The number of urea groups is 1. The molecule has 2 amide bonds. The minimum absolute atomic E-state index is 0.204. The van der Waals surface area contributed by atoms with Gasteiger partial charge in [0.2, 0.25) is 0 Å². The predicted octanol–water partition coefficient (Wildman–Crippen LogP) is 7.03. The summed E-state index contributed by atoms with van der Waals surface area (Å²) in [6.45, 7) is 2.62. The number of halogens is 3. The minimum atomic E-state index is -4.60. The van der Waals surface area contributed by atoms with Gasteiger partial charge in [0, 0.05) is 11.9 Å². The van der Waals surface area contributed by atoms with Gasteiger partial charge in [-0.1, -0.05) is 42.5 Å². The van der Waals surface area contributed by atoms with E-state index in [1.54, 1.807) is 4.90 Å². The second-order valence-corrected chi connectivity index (χ2v) is 8.44. The predicted molar refractivity (Wildman–Crippen MR) is 131 cm³/mol. The highest BCUT2D eigenvalue weighted by Crippen LogP contribution is 2.39. The first kappa shape index (κ1) is 23.5. The summed E-state index contributed by atoms with van der Waals surface area (Å²) >= 11 is 0. The molecule has 1 aliphatic rings. The number of hydrogen-bond donors (Lipinski definition) is 1. The molecule has 0 spiro atoms. The Morgan fingerprint density at radius 1 is 0.972 bits per heavy atom. The fourth-order valence-corrected chi connectivity index (χ4v) is 4.63. The third kappa shape index (κ3) is 4.42. The van der Waals surface area contributed by atoms with Crippen LogP contribution in [0.3, 0.4) is 0 Å². The van der Waals surface area contributed by atoms with Crippen molar-refractivity contribution in [2.75, 3.05) is 11.9 Å². The molecule has 0 bridgehead atoms. The zero-order chi connectivity index (χ0) is 25.3. The highest BCUT2D eigenvalue weighted by atomic mass is 19.4. The molecule has 5 rings (SSSR count). The summed E-state index contributed by atoms with van der Waals surface area (Å²) in [5, 5.41) is 2.53. The summed E-state index contributed by atoms with van der Waals surface area (Å²) in [6.07, 6.45) is -2.67. The molecule has 2 heterocycles. The Labute approximate surface area is 206 Å². The molecule has 3 aromatic carbocycles. The van der Waals surface area contributed by atoms with E-state index in [4.69, 9.17) is 4.74 Å². The monoisotopic (exact) mass is 491 g/mol. The van der Waals surface area contributed by atoms with E-state index >= 15 is 0 Å². The molecule has 36 heavy (non-hydrogen) atoms. The van der Waals surface area contributed by atoms with Crippen molar-refractivity contribution in [3.63, 3.8) is 0 Å². The summed E-state index contributed by atoms with van der Waals surface area (Å²) in [5.74, 6) is 0.698. The molecule has 0 saturated heterocycles. The van der Waals surface area contributed by atoms with Gasteiger partial charge < -0.3 is 19.5 Å². The quantitative estimate of drug-likeness (QED) is 0.333. The molecule has 0 radical (unpaired) electrons. The second kappa shape index (κ2) is 9.45. The van der Waals surface area contributed by atoms with E-state index in [-0.39, 0.29) is 12.2 Å². The second-order valence-electron chi connectivity index (χ2n) is 8.44. The highest BCUT2D eigenvalue weighted by molar-refractivity contribution is 5.91. The number of alkyl halides is 3. The summed E-state index contributed by atoms with van der Waals surface area (Å²) in [5.41, 5.74) is 2.25. The molecule has 0 unspecified atom stereocenters. The number of carbonyl (C=O) groups is 1. The van der Waals surface area contributed by atoms with E-state index in [2.05, 4.69) is 5.32 Å². The van der Waals surface area contributed by atoms with Crippen LogP contribution in [0.1, 0.15) is 35.3 Å². The van der Waals surface area contributed by atoms with E-state index in [0.29, 0.717) is 12.4 Å². The van der Waals surface area contributed by atoms with Crippen LogP contribution < -0.4 is 10.1 Å². The van der Waals surface area contributed by atoms with Crippen molar-refractivity contribution in [3.05, 3.63) is 114 Å². The number of ether oxygens (including phenoxy) is 1. The van der Waals surface area contributed by atoms with Crippen molar-refractivity contribution < 1.29 is 22.7 Å². The number of aromatic nitrogens is 1. The standard InChI is InChI=1S/C28H24F3N3O2/c1-2-36-21-15-13-19(14-16-21)26-25-12-7-17-33(25)24-11-6-3-8-20(24)18-34(26)27(35)32-23-10-5-4-9-22(23)28(29,30)31/h3-17,26H,2,18H2,1H3,(H,32,35)/t26-/m1/s1. The van der Waals surface area contributed by atoms with Gasteiger partial charge in [-0.25, -0.2) is 4.79 Å². The number of para-hydroxylation sites is 2. The number of carbonyl (C=O) groups excluding carboxylic acids is 1. The number of rotatable bonds is 4. The number of hydrogen-bond acceptors (Lipinski definition) is 2. The van der Waals surface area contributed by atoms with Crippen LogP contribution in [0, 0.1) is 0 Å². The van der Waals surface area contributed by atoms with Crippen molar-refractivity contribution in [2.24, 2.45) is 0 Å². The van der Waals surface area contributed by atoms with Crippen LogP contribution in [-0.2, 0) is 12.7 Å². The van der Waals surface area contributed by atoms with Crippen molar-refractivity contribution in [2.45, 2.75) is 25.7 Å². The van der Waals surface area contributed by atoms with Crippen LogP contribution in [0.5, 0.6) is 5.75 Å². The van der Waals surface area contributed by atoms with Gasteiger partial charge in [0.15, 0.2) is 0 Å². The topological polar surface area (TPSA) is 46.5 Å². The van der Waals surface area contributed by atoms with E-state index < -0.39 is 23.8 Å². The van der Waals surface area contributed by atoms with Crippen LogP contribution >= 0.6 is 0 Å². The Morgan fingerprint density at radius 2 is 1.69 bits per heavy atom. The lowest BCUT2D eigenvalue weighted by Crippen LogP contribution is -2.38. The fraction of sp³-hybridized carbons (Fsp3) is 0.179. The van der Waals surface area contributed by atoms with Gasteiger partial charge >= 0.3 is 12.2 Å². The number of nitrogens with zero attached hydrogens (tertiary/aromatic N) is 2. The molecular weight excluding hydrogens is 467 g/mol. The lowest BCUT2D eigenvalue weighted by molar-refractivity contribution is -0.136. The average Bonchev–Trinajstić information content (AvgIpc) is 3.29. The number of anilines is 1. The van der Waals surface area contributed by atoms with Gasteiger partial charge in [-0.05, 0) is 60.5 Å². The lowest BCUT2D eigenvalue weighted by Gasteiger charge is -2.31. The smallest absolute Gasteiger partial charge is 0.418 e. The zero-order valence-corrected chi connectivity index (χ0v) is 19.5. The van der Waals surface area contributed by atoms with Crippen LogP contribution in [-0.4, -0.2) is 22.1 Å². The van der Waals surface area contributed by atoms with Crippen LogP contribution in [0.25, 0.3) is 5.69 Å². The van der Waals surface area contributed by atoms with Crippen LogP contribution in [0.2, 0.25) is 0 Å². The Hall–Kier alpha value is -4.20. The molecule has 1 aromatic heterocycles. The van der Waals surface area contributed by atoms with Crippen molar-refractivity contribution in [3.8, 4) is 11.4 Å². The van der Waals surface area contributed by atoms with Crippen molar-refractivity contribution >= 4 is 11.7 Å². The molecule has 5 nitrogen and oxygen atoms in total. The van der Waals surface area contributed by atoms with Gasteiger partial charge in [-0.15, -0.1) is 0 Å². The summed E-state index contributed by atoms with van der Waals surface area (Å²) in [6, 6.07) is 22.8. The molecule has 1 aliphatic heterocycles. The van der Waals surface area contributed by atoms with Gasteiger partial charge in [0.25, 0.3) is 0 Å². The summed E-state index contributed by atoms with van der Waals surface area (Å²) in [7, 11) is 0. The summed E-state index contributed by atoms with van der Waals surface area (Å²) < 4.78 is 48.5. The highest BCUT2D eigenvalue weighted by Gasteiger charge is 2.36. The Bertz CT molecular complexity index is 1380. The molecule has 0 fully saturated rings. The minimum Gasteiger partial charge on any atom is -0.494 e. The molecule has 1 atom stereocenters. The van der Waals surface area contributed by atoms with Gasteiger partial charge in [0.1, 0.15) is 5.75 Å². The average molecular weight is 492 g/mol. The first-order chi connectivity index (χ1) is 17.4. The maximum Gasteiger partial charge on any atom is 0.418 e. The van der Waals surface area contributed by atoms with Crippen molar-refractivity contribution in [1.29, 1.82) is 0 Å². The van der Waals surface area contributed by atoms with E-state index in [9.17, 15) is 18.0 Å². The molecule has 0 saturated carbocycles. The first-order valence-corrected chi connectivity index (χ1v) is 11.6. The Kier molecular flexibility index (Phi) is 6.18. The molecule has 1 N–H and O–H groups in total. The SMILES string of the molecule is CCOc1ccc([C@@H]2c3cccn3-c3ccccc3CN2C(=O)Nc2ccccc2C(F)(F)F)cc1. The number of nitrogens with one attached hydrogen (secondary N) is 1. The number of amides is 2. The molecular formula is C28H24F3N3O2. The van der Waals surface area contributed by atoms with Gasteiger partial charge in [-0.3, -0.25) is 0 Å². The summed E-state index contributed by atoms with van der Waals surface area (Å²) in [4.78, 5) is 15.3. The zero-order valence-electron chi connectivity index (χ0n) is 19.5. The maximum absolute atomic E-state index is 13.7. The van der Waals surface area contributed by atoms with Gasteiger partial charge in [-0.2, -0.15) is 13.2 Å². The molecule has 8 heteroatoms. The fourth-order valence-electron chi connectivity index (χ4n) is 4.63. The van der Waals surface area contributed by atoms with Crippen LogP contribution in [0.15, 0.2) is 91.1 Å². The normalized spacial score (nSPS) is 15.0. The Balaban J connectivity index is 1.60. The molecule has 184 valence electrons. The third-order valence-corrected chi connectivity index (χ3v) is 6.21. The molecule has 4 aromatic rings. The maximum atomic E-state index is 13.7. The third-order valence-electron chi connectivity index (χ3n) is 6.21. The van der Waals surface area contributed by atoms with Crippen molar-refractivity contribution in [1.82, 2.24) is 9.47 Å². The first-order valence-electron chi connectivity index (χ1n) is 11.6. The van der Waals surface area contributed by atoms with E-state index in [1.165, 1.54) is 18.2 Å². The molecule has 0 aliphatic carbocycles. The van der Waals surface area contributed by atoms with Crippen LogP contribution in [0.4, 0.5) is 23.7 Å². The lowest BCUT2D eigenvalue weighted by atomic mass is 10.0. The largest absolute Gasteiger partial charge is 0.494 e.